The number of fused-ring (bicyclic) bond motifs is 9. The summed E-state index contributed by atoms with van der Waals surface area (Å²) in [7, 11) is 0. The summed E-state index contributed by atoms with van der Waals surface area (Å²) in [6.45, 7) is -0.214. The van der Waals surface area contributed by atoms with Crippen LogP contribution in [0.15, 0.2) is 171 Å². The molecule has 0 fully saturated rings. The third kappa shape index (κ3) is 5.68. The van der Waals surface area contributed by atoms with Gasteiger partial charge >= 0.3 is 0 Å². The van der Waals surface area contributed by atoms with E-state index in [0.717, 1.165) is 76.8 Å². The van der Waals surface area contributed by atoms with Crippen LogP contribution in [-0.4, -0.2) is 38.6 Å². The van der Waals surface area contributed by atoms with Crippen molar-refractivity contribution in [2.75, 3.05) is 0 Å². The summed E-state index contributed by atoms with van der Waals surface area (Å²) in [4.78, 5) is 22.6. The second-order valence-corrected chi connectivity index (χ2v) is 15.0. The van der Waals surface area contributed by atoms with Crippen LogP contribution in [0.4, 0.5) is 0 Å². The fraction of sp³-hybridized carbons (Fsp3) is 0.0392. The van der Waals surface area contributed by atoms with Crippen LogP contribution in [0.3, 0.4) is 0 Å². The number of nitrogens with zero attached hydrogens (tertiary/aromatic N) is 8. The molecule has 0 spiro atoms. The first-order chi connectivity index (χ1) is 31.2. The highest BCUT2D eigenvalue weighted by atomic mass is 16.5. The average molecular weight is 794 g/mol. The van der Waals surface area contributed by atoms with Crippen LogP contribution < -0.4 is 9.47 Å². The quantitative estimate of drug-likeness (QED) is 0.158. The van der Waals surface area contributed by atoms with Crippen LogP contribution in [0, 0.1) is 13.8 Å². The van der Waals surface area contributed by atoms with Crippen LogP contribution >= 0.6 is 0 Å². The van der Waals surface area contributed by atoms with Crippen LogP contribution in [0.5, 0.6) is 23.0 Å². The van der Waals surface area contributed by atoms with Gasteiger partial charge in [-0.15, -0.1) is 0 Å². The van der Waals surface area contributed by atoms with E-state index in [-0.39, 0.29) is 5.56 Å². The molecule has 0 aliphatic rings. The van der Waals surface area contributed by atoms with E-state index in [4.69, 9.17) is 18.6 Å². The zero-order chi connectivity index (χ0) is 43.1. The van der Waals surface area contributed by atoms with Gasteiger partial charge in [-0.1, -0.05) is 48.5 Å². The molecule has 12 rings (SSSR count). The minimum atomic E-state index is -2.25. The van der Waals surface area contributed by atoms with Gasteiger partial charge in [0.25, 0.3) is 0 Å². The zero-order valence-corrected chi connectivity index (χ0v) is 32.6. The van der Waals surface area contributed by atoms with Crippen LogP contribution in [-0.2, 0) is 0 Å². The molecule has 0 aliphatic carbocycles. The van der Waals surface area contributed by atoms with Gasteiger partial charge in [-0.3, -0.25) is 13.7 Å². The maximum Gasteiger partial charge on any atom is 0.237 e. The second-order valence-electron chi connectivity index (χ2n) is 15.0. The van der Waals surface area contributed by atoms with Crippen molar-refractivity contribution in [2.24, 2.45) is 0 Å². The van der Waals surface area contributed by atoms with Crippen molar-refractivity contribution >= 4 is 65.4 Å². The Labute approximate surface area is 352 Å². The number of aromatic nitrogens is 8. The maximum atomic E-state index is 7.83. The van der Waals surface area contributed by atoms with Gasteiger partial charge in [0.2, 0.25) is 5.95 Å². The number of rotatable bonds is 7. The van der Waals surface area contributed by atoms with Gasteiger partial charge in [0, 0.05) is 73.1 Å². The number of ether oxygens (including phenoxy) is 2. The standard InChI is InChI=1S/C51H34N8O2/c1-31-11-21-49(53-27-31)57-43-9-5-3-7-37(43)39-17-13-33(23-45(39)57)60-35-15-19-41-42-20-16-36(26-48(42)59(47(41)25-35)51-55-29-52-30-56-51)61-34-14-18-40-38-8-4-6-10-44(38)58(46(40)24-34)50-22-12-32(2)28-54-50/h3-30H,1-2H3/i1D3. The Bertz CT molecular complexity index is 3790. The molecule has 61 heavy (non-hydrogen) atoms. The Morgan fingerprint density at radius 3 is 1.25 bits per heavy atom. The zero-order valence-electron chi connectivity index (χ0n) is 35.6. The Kier molecular flexibility index (Phi) is 7.05. The minimum Gasteiger partial charge on any atom is -0.457 e. The second kappa shape index (κ2) is 13.6. The molecule has 290 valence electrons. The molecule has 0 bridgehead atoms. The van der Waals surface area contributed by atoms with Crippen molar-refractivity contribution < 1.29 is 13.6 Å². The Morgan fingerprint density at radius 2 is 0.820 bits per heavy atom. The van der Waals surface area contributed by atoms with Gasteiger partial charge in [-0.25, -0.2) is 24.9 Å². The first-order valence-corrected chi connectivity index (χ1v) is 19.8. The fourth-order valence-corrected chi connectivity index (χ4v) is 8.57. The highest BCUT2D eigenvalue weighted by Gasteiger charge is 2.19. The highest BCUT2D eigenvalue weighted by molar-refractivity contribution is 6.11. The van der Waals surface area contributed by atoms with E-state index >= 15 is 0 Å². The lowest BCUT2D eigenvalue weighted by molar-refractivity contribution is 0.484. The molecule has 0 atom stereocenters. The maximum absolute atomic E-state index is 7.83. The number of hydrogen-bond donors (Lipinski definition) is 0. The monoisotopic (exact) mass is 793 g/mol. The molecular weight excluding hydrogens is 757 g/mol. The number of benzene rings is 6. The average Bonchev–Trinajstić information content (AvgIpc) is 3.94. The van der Waals surface area contributed by atoms with Crippen molar-refractivity contribution in [2.45, 2.75) is 13.8 Å². The van der Waals surface area contributed by atoms with Gasteiger partial charge < -0.3 is 9.47 Å². The number of hydrogen-bond acceptors (Lipinski definition) is 7. The lowest BCUT2D eigenvalue weighted by Crippen LogP contribution is -2.01. The summed E-state index contributed by atoms with van der Waals surface area (Å²) in [5, 5.41) is 6.26. The molecular formula is C51H34N8O2. The van der Waals surface area contributed by atoms with Crippen molar-refractivity contribution in [1.29, 1.82) is 0 Å². The van der Waals surface area contributed by atoms with Gasteiger partial charge in [-0.05, 0) is 97.7 Å². The third-order valence-corrected chi connectivity index (χ3v) is 11.3. The molecule has 10 nitrogen and oxygen atoms in total. The van der Waals surface area contributed by atoms with E-state index in [9.17, 15) is 0 Å². The van der Waals surface area contributed by atoms with Gasteiger partial charge in [0.1, 0.15) is 47.3 Å². The Hall–Kier alpha value is -8.37. The molecule has 0 saturated heterocycles. The van der Waals surface area contributed by atoms with Crippen molar-refractivity contribution in [1.82, 2.24) is 38.6 Å². The molecule has 0 saturated carbocycles. The van der Waals surface area contributed by atoms with E-state index in [1.54, 1.807) is 12.1 Å². The number of aryl methyl sites for hydroxylation is 2. The molecule has 6 aromatic heterocycles. The van der Waals surface area contributed by atoms with Gasteiger partial charge in [0.05, 0.1) is 33.1 Å². The molecule has 0 N–H and O–H groups in total. The smallest absolute Gasteiger partial charge is 0.237 e. The first kappa shape index (κ1) is 31.6. The number of pyridine rings is 2. The van der Waals surface area contributed by atoms with Crippen LogP contribution in [0.2, 0.25) is 0 Å². The summed E-state index contributed by atoms with van der Waals surface area (Å²) >= 11 is 0. The van der Waals surface area contributed by atoms with E-state index in [2.05, 4.69) is 73.0 Å². The first-order valence-electron chi connectivity index (χ1n) is 21.3. The van der Waals surface area contributed by atoms with Crippen LogP contribution in [0.1, 0.15) is 15.2 Å². The van der Waals surface area contributed by atoms with E-state index < -0.39 is 6.85 Å². The lowest BCUT2D eigenvalue weighted by Gasteiger charge is -2.10. The minimum absolute atomic E-state index is 0.184. The molecule has 10 heteroatoms. The summed E-state index contributed by atoms with van der Waals surface area (Å²) in [5.74, 6) is 4.43. The van der Waals surface area contributed by atoms with E-state index in [0.29, 0.717) is 34.8 Å². The van der Waals surface area contributed by atoms with E-state index in [1.165, 1.54) is 18.9 Å². The Morgan fingerprint density at radius 1 is 0.410 bits per heavy atom. The number of para-hydroxylation sites is 2. The third-order valence-electron chi connectivity index (χ3n) is 11.3. The topological polar surface area (TPSA) is 97.7 Å². The van der Waals surface area contributed by atoms with Gasteiger partial charge in [0.15, 0.2) is 0 Å². The lowest BCUT2D eigenvalue weighted by atomic mass is 10.1. The summed E-state index contributed by atoms with van der Waals surface area (Å²) in [5.41, 5.74) is 6.83. The SMILES string of the molecule is [2H]C([2H])([2H])c1ccc(-n2c3ccccc3c3ccc(Oc4ccc5c6ccc(Oc7ccc8c9ccccc9n(-c9ccc(C)cn9)c8c7)cc6n(-c6ncncn6)c5c4)cc32)nc1. The van der Waals surface area contributed by atoms with Crippen molar-refractivity contribution in [3.63, 3.8) is 0 Å². The van der Waals surface area contributed by atoms with Gasteiger partial charge in [-0.2, -0.15) is 0 Å². The molecule has 6 heterocycles. The predicted octanol–water partition coefficient (Wildman–Crippen LogP) is 12.2. The summed E-state index contributed by atoms with van der Waals surface area (Å²) in [6.07, 6.45) is 6.27. The largest absolute Gasteiger partial charge is 0.457 e. The summed E-state index contributed by atoms with van der Waals surface area (Å²) < 4.78 is 43.0. The fourth-order valence-electron chi connectivity index (χ4n) is 8.57. The molecule has 0 amide bonds. The Balaban J connectivity index is 0.938. The van der Waals surface area contributed by atoms with Crippen LogP contribution in [0.25, 0.3) is 83.0 Å². The molecule has 12 aromatic rings. The normalized spacial score (nSPS) is 12.7. The highest BCUT2D eigenvalue weighted by Crippen LogP contribution is 2.40. The summed E-state index contributed by atoms with van der Waals surface area (Å²) in [6, 6.07) is 48.1. The molecule has 0 aliphatic heterocycles. The predicted molar refractivity (Wildman–Crippen MR) is 241 cm³/mol. The molecule has 0 radical (unpaired) electrons. The van der Waals surface area contributed by atoms with Crippen molar-refractivity contribution in [3.05, 3.63) is 182 Å². The molecule has 6 aromatic carbocycles. The molecule has 0 unspecified atom stereocenters. The van der Waals surface area contributed by atoms with Crippen molar-refractivity contribution in [3.8, 4) is 40.6 Å². The van der Waals surface area contributed by atoms with E-state index in [1.807, 2.05) is 107 Å².